The van der Waals surface area contributed by atoms with Crippen LogP contribution in [0.15, 0.2) is 36.4 Å². The number of H-pyrrole nitrogens is 1. The molecule has 1 saturated heterocycles. The minimum Gasteiger partial charge on any atom is -0.507 e. The zero-order valence-electron chi connectivity index (χ0n) is 18.5. The molecular formula is C23H25IN6O4. The van der Waals surface area contributed by atoms with Crippen LogP contribution in [0, 0.1) is 6.92 Å². The van der Waals surface area contributed by atoms with Crippen molar-refractivity contribution in [2.45, 2.75) is 17.9 Å². The Morgan fingerprint density at radius 2 is 2.09 bits per heavy atom. The summed E-state index contributed by atoms with van der Waals surface area (Å²) in [5.74, 6) is 0.268. The second-order valence-corrected chi connectivity index (χ2v) is 8.63. The number of alkyl halides is 1. The third-order valence-corrected chi connectivity index (χ3v) is 6.31. The molecule has 4 rings (SSSR count). The first kappa shape index (κ1) is 23.8. The van der Waals surface area contributed by atoms with Crippen LogP contribution in [0.1, 0.15) is 27.0 Å². The van der Waals surface area contributed by atoms with Crippen molar-refractivity contribution < 1.29 is 19.4 Å². The predicted octanol–water partition coefficient (Wildman–Crippen LogP) is 3.18. The first-order chi connectivity index (χ1) is 16.4. The quantitative estimate of drug-likeness (QED) is 0.205. The van der Waals surface area contributed by atoms with Gasteiger partial charge in [0, 0.05) is 34.5 Å². The summed E-state index contributed by atoms with van der Waals surface area (Å²) >= 11 is 2.20. The van der Waals surface area contributed by atoms with E-state index in [0.717, 1.165) is 22.4 Å². The number of benzene rings is 2. The fourth-order valence-corrected chi connectivity index (χ4v) is 4.37. The zero-order valence-corrected chi connectivity index (χ0v) is 20.7. The van der Waals surface area contributed by atoms with Crippen LogP contribution < -0.4 is 21.3 Å². The number of phenolic OH excluding ortho intramolecular Hbond substituents is 1. The van der Waals surface area contributed by atoms with Gasteiger partial charge in [0.05, 0.1) is 6.61 Å². The van der Waals surface area contributed by atoms with E-state index in [1.54, 1.807) is 4.90 Å². The fraction of sp³-hybridized carbons (Fsp3) is 0.261. The van der Waals surface area contributed by atoms with E-state index in [-0.39, 0.29) is 18.1 Å². The lowest BCUT2D eigenvalue weighted by Gasteiger charge is -2.26. The average molecular weight is 576 g/mol. The van der Waals surface area contributed by atoms with Crippen LogP contribution in [0.3, 0.4) is 0 Å². The van der Waals surface area contributed by atoms with Crippen molar-refractivity contribution in [1.29, 1.82) is 0 Å². The first-order valence-electron chi connectivity index (χ1n) is 10.6. The Labute approximate surface area is 210 Å². The van der Waals surface area contributed by atoms with Crippen molar-refractivity contribution in [2.24, 2.45) is 5.73 Å². The molecule has 2 amide bonds. The van der Waals surface area contributed by atoms with Gasteiger partial charge in [0.25, 0.3) is 11.8 Å². The van der Waals surface area contributed by atoms with Crippen molar-refractivity contribution in [3.63, 3.8) is 0 Å². The molecule has 11 heteroatoms. The molecule has 6 N–H and O–H groups in total. The van der Waals surface area contributed by atoms with E-state index in [1.165, 1.54) is 0 Å². The van der Waals surface area contributed by atoms with Gasteiger partial charge in [-0.25, -0.2) is 0 Å². The molecule has 0 radical (unpaired) electrons. The highest BCUT2D eigenvalue weighted by Gasteiger charge is 2.21. The number of carbonyl (C=O) groups excluding carboxylic acids is 2. The molecular weight excluding hydrogens is 551 g/mol. The summed E-state index contributed by atoms with van der Waals surface area (Å²) < 4.78 is 5.85. The average Bonchev–Trinajstić information content (AvgIpc) is 3.23. The van der Waals surface area contributed by atoms with E-state index in [1.807, 2.05) is 43.3 Å². The number of nitrogens with one attached hydrogen (secondary N) is 3. The van der Waals surface area contributed by atoms with Crippen molar-refractivity contribution >= 4 is 57.4 Å². The summed E-state index contributed by atoms with van der Waals surface area (Å²) in [6.07, 6.45) is 0. The number of anilines is 4. The van der Waals surface area contributed by atoms with E-state index in [4.69, 9.17) is 10.5 Å². The number of nitrogens with zero attached hydrogens (tertiary/aromatic N) is 2. The van der Waals surface area contributed by atoms with Gasteiger partial charge >= 0.3 is 0 Å². The van der Waals surface area contributed by atoms with Crippen LogP contribution in [0.2, 0.25) is 0 Å². The number of carbonyl (C=O) groups is 2. The molecule has 1 fully saturated rings. The van der Waals surface area contributed by atoms with E-state index < -0.39 is 5.91 Å². The number of halogens is 1. The first-order valence-corrected chi connectivity index (χ1v) is 12.1. The molecule has 10 nitrogen and oxygen atoms in total. The monoisotopic (exact) mass is 576 g/mol. The van der Waals surface area contributed by atoms with Crippen molar-refractivity contribution in [1.82, 2.24) is 10.2 Å². The van der Waals surface area contributed by atoms with Crippen LogP contribution >= 0.6 is 22.6 Å². The number of aromatic hydroxyl groups is 1. The van der Waals surface area contributed by atoms with Gasteiger partial charge in [-0.05, 0) is 48.4 Å². The molecule has 2 heterocycles. The van der Waals surface area contributed by atoms with Gasteiger partial charge in [0.2, 0.25) is 0 Å². The normalized spacial score (nSPS) is 13.7. The lowest BCUT2D eigenvalue weighted by molar-refractivity contribution is -0.125. The number of nitrogens with two attached hydrogens (primary N) is 1. The predicted molar refractivity (Wildman–Crippen MR) is 138 cm³/mol. The SMILES string of the molecule is Cc1cc(CNc2n[nH]c(Nc3ccc(N4CCOCC4=O)cc3)c2C(N)=O)cc(CI)c1O. The van der Waals surface area contributed by atoms with Crippen LogP contribution in [-0.2, 0) is 20.5 Å². The number of aryl methyl sites for hydroxylation is 1. The maximum Gasteiger partial charge on any atom is 0.256 e. The summed E-state index contributed by atoms with van der Waals surface area (Å²) in [6, 6.07) is 11.1. The third kappa shape index (κ3) is 5.09. The molecule has 0 spiro atoms. The summed E-state index contributed by atoms with van der Waals surface area (Å²) in [5, 5.41) is 23.4. The molecule has 0 bridgehead atoms. The largest absolute Gasteiger partial charge is 0.507 e. The molecule has 0 saturated carbocycles. The molecule has 178 valence electrons. The number of primary amides is 1. The Kier molecular flexibility index (Phi) is 7.22. The fourth-order valence-electron chi connectivity index (χ4n) is 3.78. The molecule has 0 unspecified atom stereocenters. The van der Waals surface area contributed by atoms with Crippen LogP contribution in [0.5, 0.6) is 5.75 Å². The van der Waals surface area contributed by atoms with Crippen LogP contribution in [0.4, 0.5) is 23.0 Å². The maximum atomic E-state index is 12.2. The lowest BCUT2D eigenvalue weighted by atomic mass is 10.1. The highest BCUT2D eigenvalue weighted by atomic mass is 127. The Bertz CT molecular complexity index is 1210. The van der Waals surface area contributed by atoms with Gasteiger partial charge < -0.3 is 31.1 Å². The van der Waals surface area contributed by atoms with Crippen LogP contribution in [-0.4, -0.2) is 46.9 Å². The molecule has 3 aromatic rings. The molecule has 1 aliphatic rings. The Balaban J connectivity index is 1.49. The third-order valence-electron chi connectivity index (χ3n) is 5.49. The highest BCUT2D eigenvalue weighted by molar-refractivity contribution is 14.1. The number of hydrogen-bond donors (Lipinski definition) is 5. The van der Waals surface area contributed by atoms with Gasteiger partial charge in [-0.1, -0.05) is 28.7 Å². The van der Waals surface area contributed by atoms with Crippen LogP contribution in [0.25, 0.3) is 0 Å². The van der Waals surface area contributed by atoms with E-state index in [2.05, 4.69) is 43.4 Å². The van der Waals surface area contributed by atoms with Crippen molar-refractivity contribution in [3.8, 4) is 5.75 Å². The Morgan fingerprint density at radius 3 is 2.76 bits per heavy atom. The standard InChI is InChI=1S/C23H25IN6O4/c1-13-8-14(9-15(10-24)20(13)32)11-26-22-19(21(25)33)23(29-28-22)27-16-2-4-17(5-3-16)30-6-7-34-12-18(30)31/h2-5,8-9,32H,6-7,10-12H2,1H3,(H2,25,33)(H3,26,27,28,29). The van der Waals surface area contributed by atoms with E-state index in [0.29, 0.717) is 47.2 Å². The van der Waals surface area contributed by atoms with Gasteiger partial charge in [-0.2, -0.15) is 5.10 Å². The molecule has 0 aliphatic carbocycles. The smallest absolute Gasteiger partial charge is 0.256 e. The second kappa shape index (κ2) is 10.3. The summed E-state index contributed by atoms with van der Waals surface area (Å²) in [5.41, 5.74) is 9.90. The number of amides is 2. The lowest BCUT2D eigenvalue weighted by Crippen LogP contribution is -2.41. The molecule has 2 aromatic carbocycles. The molecule has 0 atom stereocenters. The number of phenols is 1. The summed E-state index contributed by atoms with van der Waals surface area (Å²) in [4.78, 5) is 25.9. The Morgan fingerprint density at radius 1 is 1.32 bits per heavy atom. The van der Waals surface area contributed by atoms with Gasteiger partial charge in [-0.3, -0.25) is 14.7 Å². The van der Waals surface area contributed by atoms with Crippen molar-refractivity contribution in [2.75, 3.05) is 35.3 Å². The summed E-state index contributed by atoms with van der Waals surface area (Å²) in [6.45, 7) is 3.33. The topological polar surface area (TPSA) is 146 Å². The number of hydrogen-bond acceptors (Lipinski definition) is 7. The molecule has 1 aromatic heterocycles. The second-order valence-electron chi connectivity index (χ2n) is 7.86. The number of aromatic nitrogens is 2. The molecule has 1 aliphatic heterocycles. The minimum atomic E-state index is -0.635. The number of rotatable bonds is 8. The Hall–Kier alpha value is -3.32. The number of morpholine rings is 1. The summed E-state index contributed by atoms with van der Waals surface area (Å²) in [7, 11) is 0. The highest BCUT2D eigenvalue weighted by Crippen LogP contribution is 2.29. The van der Waals surface area contributed by atoms with Gasteiger partial charge in [0.15, 0.2) is 5.82 Å². The van der Waals surface area contributed by atoms with Gasteiger partial charge in [0.1, 0.15) is 23.7 Å². The number of aromatic amines is 1. The molecule has 34 heavy (non-hydrogen) atoms. The maximum absolute atomic E-state index is 12.2. The zero-order chi connectivity index (χ0) is 24.2. The number of ether oxygens (including phenoxy) is 1. The van der Waals surface area contributed by atoms with E-state index >= 15 is 0 Å². The van der Waals surface area contributed by atoms with Crippen molar-refractivity contribution in [3.05, 3.63) is 58.7 Å². The van der Waals surface area contributed by atoms with E-state index in [9.17, 15) is 14.7 Å². The minimum absolute atomic E-state index is 0.0784. The van der Waals surface area contributed by atoms with Gasteiger partial charge in [-0.15, -0.1) is 0 Å².